The number of nitro groups is 1. The number of nitro benzene ring substituents is 1. The number of halogens is 1. The van der Waals surface area contributed by atoms with Gasteiger partial charge in [0.25, 0.3) is 11.2 Å². The first-order valence-electron chi connectivity index (χ1n) is 9.03. The first-order chi connectivity index (χ1) is 14.9. The van der Waals surface area contributed by atoms with Crippen LogP contribution < -0.4 is 5.56 Å². The fraction of sp³-hybridized carbons (Fsp3) is 0.0455. The third-order valence-electron chi connectivity index (χ3n) is 4.58. The Morgan fingerprint density at radius 3 is 2.77 bits per heavy atom. The van der Waals surface area contributed by atoms with E-state index in [4.69, 9.17) is 16.0 Å². The van der Waals surface area contributed by atoms with Crippen LogP contribution in [0.2, 0.25) is 5.02 Å². The number of hydrogen-bond acceptors (Lipinski definition) is 6. The molecule has 0 aliphatic rings. The van der Waals surface area contributed by atoms with E-state index in [0.717, 1.165) is 5.56 Å². The number of H-pyrrole nitrogens is 1. The predicted octanol–water partition coefficient (Wildman–Crippen LogP) is 5.12. The summed E-state index contributed by atoms with van der Waals surface area (Å²) in [4.78, 5) is 29.7. The van der Waals surface area contributed by atoms with Crippen LogP contribution in [-0.2, 0) is 0 Å². The van der Waals surface area contributed by atoms with E-state index in [2.05, 4.69) is 9.97 Å². The van der Waals surface area contributed by atoms with Gasteiger partial charge < -0.3 is 9.40 Å². The topological polar surface area (TPSA) is 126 Å². The number of furan rings is 1. The number of nitriles is 1. The summed E-state index contributed by atoms with van der Waals surface area (Å²) < 4.78 is 5.74. The normalized spacial score (nSPS) is 11.5. The van der Waals surface area contributed by atoms with Gasteiger partial charge in [0.15, 0.2) is 5.82 Å². The highest BCUT2D eigenvalue weighted by molar-refractivity contribution is 6.33. The van der Waals surface area contributed by atoms with Crippen molar-refractivity contribution in [2.75, 3.05) is 0 Å². The Labute approximate surface area is 180 Å². The maximum Gasteiger partial charge on any atom is 0.270 e. The lowest BCUT2D eigenvalue weighted by atomic mass is 10.1. The molecule has 9 heteroatoms. The number of aromatic nitrogens is 2. The van der Waals surface area contributed by atoms with Gasteiger partial charge in [-0.05, 0) is 42.8 Å². The molecule has 0 saturated carbocycles. The molecular weight excluding hydrogens is 420 g/mol. The maximum atomic E-state index is 12.4. The van der Waals surface area contributed by atoms with Crippen molar-refractivity contribution in [1.29, 1.82) is 5.26 Å². The summed E-state index contributed by atoms with van der Waals surface area (Å²) in [5.74, 6) is 0.823. The molecule has 0 atom stereocenters. The average Bonchev–Trinajstić information content (AvgIpc) is 3.19. The van der Waals surface area contributed by atoms with Gasteiger partial charge in [0.05, 0.1) is 26.4 Å². The van der Waals surface area contributed by atoms with E-state index >= 15 is 0 Å². The number of benzene rings is 2. The lowest BCUT2D eigenvalue weighted by Crippen LogP contribution is -2.11. The zero-order chi connectivity index (χ0) is 22.1. The second kappa shape index (κ2) is 7.89. The van der Waals surface area contributed by atoms with Gasteiger partial charge in [0.1, 0.15) is 17.6 Å². The van der Waals surface area contributed by atoms with Crippen molar-refractivity contribution in [1.82, 2.24) is 9.97 Å². The number of hydrogen-bond donors (Lipinski definition) is 1. The number of allylic oxidation sites excluding steroid dienone is 1. The summed E-state index contributed by atoms with van der Waals surface area (Å²) in [5, 5.41) is 21.1. The van der Waals surface area contributed by atoms with Crippen LogP contribution in [0.15, 0.2) is 57.7 Å². The molecule has 0 bridgehead atoms. The Hall–Kier alpha value is -4.22. The van der Waals surface area contributed by atoms with Crippen LogP contribution in [0.1, 0.15) is 17.1 Å². The first kappa shape index (κ1) is 20.1. The van der Waals surface area contributed by atoms with E-state index in [-0.39, 0.29) is 27.7 Å². The Morgan fingerprint density at radius 1 is 1.26 bits per heavy atom. The Morgan fingerprint density at radius 2 is 2.06 bits per heavy atom. The standard InChI is InChI=1S/C22H13ClN4O4/c1-12-2-5-17-19(8-12)25-21(26-22(17)28)13(11-24)9-15-4-7-20(31-15)16-6-3-14(27(29)30)10-18(16)23/h2-10H,1H3,(H,25,26,28). The van der Waals surface area contributed by atoms with Crippen LogP contribution in [0.3, 0.4) is 0 Å². The van der Waals surface area contributed by atoms with Crippen LogP contribution in [0.4, 0.5) is 5.69 Å². The fourth-order valence-corrected chi connectivity index (χ4v) is 3.33. The number of aromatic amines is 1. The predicted molar refractivity (Wildman–Crippen MR) is 116 cm³/mol. The van der Waals surface area contributed by atoms with Crippen LogP contribution in [0, 0.1) is 28.4 Å². The molecule has 0 spiro atoms. The van der Waals surface area contributed by atoms with Gasteiger partial charge in [-0.1, -0.05) is 17.7 Å². The monoisotopic (exact) mass is 432 g/mol. The van der Waals surface area contributed by atoms with Crippen molar-refractivity contribution in [3.8, 4) is 17.4 Å². The van der Waals surface area contributed by atoms with E-state index < -0.39 is 4.92 Å². The number of non-ortho nitro benzene ring substituents is 1. The quantitative estimate of drug-likeness (QED) is 0.271. The summed E-state index contributed by atoms with van der Waals surface area (Å²) in [5.41, 5.74) is 1.52. The van der Waals surface area contributed by atoms with Gasteiger partial charge in [0.2, 0.25) is 0 Å². The summed E-state index contributed by atoms with van der Waals surface area (Å²) >= 11 is 6.15. The number of aryl methyl sites for hydroxylation is 1. The lowest BCUT2D eigenvalue weighted by molar-refractivity contribution is -0.384. The van der Waals surface area contributed by atoms with E-state index in [9.17, 15) is 20.2 Å². The third kappa shape index (κ3) is 3.95. The highest BCUT2D eigenvalue weighted by Gasteiger charge is 2.14. The zero-order valence-corrected chi connectivity index (χ0v) is 16.8. The van der Waals surface area contributed by atoms with E-state index in [1.54, 1.807) is 24.3 Å². The molecule has 31 heavy (non-hydrogen) atoms. The lowest BCUT2D eigenvalue weighted by Gasteiger charge is -2.03. The van der Waals surface area contributed by atoms with Crippen molar-refractivity contribution in [3.63, 3.8) is 0 Å². The smallest absolute Gasteiger partial charge is 0.270 e. The van der Waals surface area contributed by atoms with Crippen LogP contribution >= 0.6 is 11.6 Å². The number of nitrogens with zero attached hydrogens (tertiary/aromatic N) is 3. The summed E-state index contributed by atoms with van der Waals surface area (Å²) in [6.45, 7) is 1.89. The summed E-state index contributed by atoms with van der Waals surface area (Å²) in [6.07, 6.45) is 1.45. The van der Waals surface area contributed by atoms with E-state index in [0.29, 0.717) is 28.0 Å². The van der Waals surface area contributed by atoms with Gasteiger partial charge in [-0.3, -0.25) is 14.9 Å². The van der Waals surface area contributed by atoms with Crippen molar-refractivity contribution in [2.24, 2.45) is 0 Å². The molecule has 4 aromatic rings. The van der Waals surface area contributed by atoms with Crippen molar-refractivity contribution < 1.29 is 9.34 Å². The molecular formula is C22H13ClN4O4. The Bertz CT molecular complexity index is 1480. The minimum atomic E-state index is -0.538. The summed E-state index contributed by atoms with van der Waals surface area (Å²) in [6, 6.07) is 14.6. The number of nitrogens with one attached hydrogen (secondary N) is 1. The third-order valence-corrected chi connectivity index (χ3v) is 4.89. The second-order valence-electron chi connectivity index (χ2n) is 6.73. The number of fused-ring (bicyclic) bond motifs is 1. The van der Waals surface area contributed by atoms with Gasteiger partial charge >= 0.3 is 0 Å². The molecule has 0 saturated heterocycles. The largest absolute Gasteiger partial charge is 0.457 e. The van der Waals surface area contributed by atoms with Gasteiger partial charge in [-0.15, -0.1) is 0 Å². The molecule has 2 aromatic heterocycles. The Kier molecular flexibility index (Phi) is 5.11. The van der Waals surface area contributed by atoms with Gasteiger partial charge in [0, 0.05) is 23.8 Å². The molecule has 0 amide bonds. The van der Waals surface area contributed by atoms with Gasteiger partial charge in [-0.2, -0.15) is 5.26 Å². The van der Waals surface area contributed by atoms with Crippen LogP contribution in [0.5, 0.6) is 0 Å². The molecule has 0 aliphatic heterocycles. The van der Waals surface area contributed by atoms with Crippen LogP contribution in [-0.4, -0.2) is 14.9 Å². The minimum absolute atomic E-state index is 0.108. The maximum absolute atomic E-state index is 12.4. The molecule has 0 fully saturated rings. The van der Waals surface area contributed by atoms with Crippen molar-refractivity contribution >= 4 is 39.8 Å². The van der Waals surface area contributed by atoms with E-state index in [1.807, 2.05) is 19.1 Å². The zero-order valence-electron chi connectivity index (χ0n) is 16.0. The summed E-state index contributed by atoms with van der Waals surface area (Å²) in [7, 11) is 0. The molecule has 152 valence electrons. The first-order valence-corrected chi connectivity index (χ1v) is 9.40. The van der Waals surface area contributed by atoms with Crippen molar-refractivity contribution in [2.45, 2.75) is 6.92 Å². The average molecular weight is 433 g/mol. The molecule has 4 rings (SSSR count). The van der Waals surface area contributed by atoms with E-state index in [1.165, 1.54) is 24.3 Å². The van der Waals surface area contributed by atoms with Gasteiger partial charge in [-0.25, -0.2) is 4.98 Å². The number of rotatable bonds is 4. The highest BCUT2D eigenvalue weighted by atomic mass is 35.5. The molecule has 8 nitrogen and oxygen atoms in total. The highest BCUT2D eigenvalue weighted by Crippen LogP contribution is 2.33. The molecule has 0 unspecified atom stereocenters. The SMILES string of the molecule is Cc1ccc2c(=O)[nH]c(C(C#N)=Cc3ccc(-c4ccc([N+](=O)[O-])cc4Cl)o3)nc2c1. The molecule has 2 aromatic carbocycles. The molecule has 0 radical (unpaired) electrons. The van der Waals surface area contributed by atoms with Crippen LogP contribution in [0.25, 0.3) is 33.9 Å². The molecule has 0 aliphatic carbocycles. The Balaban J connectivity index is 1.73. The fourth-order valence-electron chi connectivity index (χ4n) is 3.07. The molecule has 2 heterocycles. The molecule has 1 N–H and O–H groups in total. The minimum Gasteiger partial charge on any atom is -0.457 e. The second-order valence-corrected chi connectivity index (χ2v) is 7.14. The van der Waals surface area contributed by atoms with Crippen molar-refractivity contribution in [3.05, 3.63) is 91.2 Å².